The molecule has 0 aliphatic heterocycles. The van der Waals surface area contributed by atoms with Crippen molar-refractivity contribution in [2.24, 2.45) is 0 Å². The van der Waals surface area contributed by atoms with E-state index >= 15 is 0 Å². The summed E-state index contributed by atoms with van der Waals surface area (Å²) in [6.45, 7) is 1.43. The first kappa shape index (κ1) is 21.1. The molecular weight excluding hydrogens is 412 g/mol. The van der Waals surface area contributed by atoms with Crippen LogP contribution in [0.5, 0.6) is 11.5 Å². The summed E-state index contributed by atoms with van der Waals surface area (Å²) in [6.07, 6.45) is 2.60. The number of aromatic amines is 1. The van der Waals surface area contributed by atoms with Gasteiger partial charge in [-0.15, -0.1) is 0 Å². The molecule has 0 fully saturated rings. The fraction of sp³-hybridized carbons (Fsp3) is 0.304. The number of amides is 1. The van der Waals surface area contributed by atoms with Gasteiger partial charge in [0.05, 0.1) is 19.8 Å². The summed E-state index contributed by atoms with van der Waals surface area (Å²) in [5.41, 5.74) is 2.27. The number of carbonyl (C=O) groups excluding carboxylic acids is 1. The first-order chi connectivity index (χ1) is 15.0. The zero-order valence-electron chi connectivity index (χ0n) is 18.1. The minimum atomic E-state index is -0.0757. The molecule has 0 aliphatic carbocycles. The average Bonchev–Trinajstić information content (AvgIpc) is 3.40. The molecule has 8 heteroatoms. The number of aromatic nitrogens is 2. The number of hydrogen-bond acceptors (Lipinski definition) is 6. The van der Waals surface area contributed by atoms with Crippen molar-refractivity contribution in [3.05, 3.63) is 48.2 Å². The summed E-state index contributed by atoms with van der Waals surface area (Å²) in [7, 11) is 7.30. The lowest BCUT2D eigenvalue weighted by atomic mass is 10.1. The monoisotopic (exact) mass is 438 g/mol. The SMILES string of the molecule is COc1ccc(OC)c2sc(N(CCCN(C)C)C(=O)c3c[nH]c4ccccc34)nc12. The van der Waals surface area contributed by atoms with Gasteiger partial charge in [-0.25, -0.2) is 4.98 Å². The average molecular weight is 439 g/mol. The lowest BCUT2D eigenvalue weighted by molar-refractivity contribution is 0.0987. The number of rotatable bonds is 8. The number of thiazole rings is 1. The van der Waals surface area contributed by atoms with Crippen LogP contribution >= 0.6 is 11.3 Å². The number of anilines is 1. The number of hydrogen-bond donors (Lipinski definition) is 1. The highest BCUT2D eigenvalue weighted by molar-refractivity contribution is 7.22. The van der Waals surface area contributed by atoms with Gasteiger partial charge in [-0.05, 0) is 45.3 Å². The van der Waals surface area contributed by atoms with Gasteiger partial charge in [0.2, 0.25) is 0 Å². The van der Waals surface area contributed by atoms with Crippen LogP contribution in [0.3, 0.4) is 0 Å². The summed E-state index contributed by atoms with van der Waals surface area (Å²) in [6, 6.07) is 11.5. The van der Waals surface area contributed by atoms with Gasteiger partial charge < -0.3 is 19.4 Å². The smallest absolute Gasteiger partial charge is 0.262 e. The molecule has 2 aromatic carbocycles. The zero-order chi connectivity index (χ0) is 22.0. The van der Waals surface area contributed by atoms with Crippen molar-refractivity contribution in [2.75, 3.05) is 46.3 Å². The minimum Gasteiger partial charge on any atom is -0.495 e. The molecule has 0 unspecified atom stereocenters. The van der Waals surface area contributed by atoms with E-state index in [9.17, 15) is 4.79 Å². The Labute approximate surface area is 185 Å². The molecule has 7 nitrogen and oxygen atoms in total. The number of nitrogens with zero attached hydrogens (tertiary/aromatic N) is 3. The Morgan fingerprint density at radius 3 is 2.55 bits per heavy atom. The summed E-state index contributed by atoms with van der Waals surface area (Å²) < 4.78 is 11.9. The van der Waals surface area contributed by atoms with Crippen LogP contribution in [0.2, 0.25) is 0 Å². The molecule has 162 valence electrons. The molecule has 0 saturated heterocycles. The minimum absolute atomic E-state index is 0.0757. The fourth-order valence-electron chi connectivity index (χ4n) is 3.61. The Hall–Kier alpha value is -3.10. The maximum absolute atomic E-state index is 13.7. The molecule has 2 heterocycles. The second kappa shape index (κ2) is 8.95. The van der Waals surface area contributed by atoms with Crippen LogP contribution in [0.1, 0.15) is 16.8 Å². The number of benzene rings is 2. The van der Waals surface area contributed by atoms with E-state index in [1.165, 1.54) is 11.3 Å². The van der Waals surface area contributed by atoms with Crippen LogP contribution in [0.4, 0.5) is 5.13 Å². The molecule has 0 spiro atoms. The van der Waals surface area contributed by atoms with Gasteiger partial charge in [0.25, 0.3) is 5.91 Å². The van der Waals surface area contributed by atoms with Crippen LogP contribution in [0.15, 0.2) is 42.6 Å². The van der Waals surface area contributed by atoms with Crippen LogP contribution in [0, 0.1) is 0 Å². The van der Waals surface area contributed by atoms with E-state index in [2.05, 4.69) is 9.88 Å². The van der Waals surface area contributed by atoms with Gasteiger partial charge in [0.15, 0.2) is 5.13 Å². The predicted octanol–water partition coefficient (Wildman–Crippen LogP) is 4.39. The Bertz CT molecular complexity index is 1170. The highest BCUT2D eigenvalue weighted by Crippen LogP contribution is 2.40. The number of carbonyl (C=O) groups is 1. The van der Waals surface area contributed by atoms with Crippen molar-refractivity contribution in [1.82, 2.24) is 14.9 Å². The number of nitrogens with one attached hydrogen (secondary N) is 1. The summed E-state index contributed by atoms with van der Waals surface area (Å²) >= 11 is 1.44. The molecule has 0 radical (unpaired) electrons. The Kier molecular flexibility index (Phi) is 6.11. The van der Waals surface area contributed by atoms with Crippen LogP contribution < -0.4 is 14.4 Å². The van der Waals surface area contributed by atoms with Gasteiger partial charge >= 0.3 is 0 Å². The van der Waals surface area contributed by atoms with Gasteiger partial charge in [0.1, 0.15) is 21.7 Å². The van der Waals surface area contributed by atoms with E-state index in [4.69, 9.17) is 14.5 Å². The third kappa shape index (κ3) is 4.08. The maximum Gasteiger partial charge on any atom is 0.262 e. The van der Waals surface area contributed by atoms with Crippen molar-refractivity contribution in [2.45, 2.75) is 6.42 Å². The molecule has 1 amide bonds. The molecule has 0 atom stereocenters. The molecular formula is C23H26N4O3S. The largest absolute Gasteiger partial charge is 0.495 e. The first-order valence-electron chi connectivity index (χ1n) is 10.1. The summed E-state index contributed by atoms with van der Waals surface area (Å²) in [5.74, 6) is 1.30. The number of para-hydroxylation sites is 1. The number of ether oxygens (including phenoxy) is 2. The van der Waals surface area contributed by atoms with Crippen molar-refractivity contribution in [3.8, 4) is 11.5 Å². The molecule has 31 heavy (non-hydrogen) atoms. The van der Waals surface area contributed by atoms with Crippen molar-refractivity contribution in [1.29, 1.82) is 0 Å². The lowest BCUT2D eigenvalue weighted by Gasteiger charge is -2.20. The van der Waals surface area contributed by atoms with Gasteiger partial charge in [-0.3, -0.25) is 9.69 Å². The van der Waals surface area contributed by atoms with E-state index in [-0.39, 0.29) is 5.91 Å². The van der Waals surface area contributed by atoms with Crippen molar-refractivity contribution < 1.29 is 14.3 Å². The number of fused-ring (bicyclic) bond motifs is 2. The Balaban J connectivity index is 1.78. The molecule has 0 aliphatic rings. The van der Waals surface area contributed by atoms with Crippen molar-refractivity contribution >= 4 is 43.5 Å². The van der Waals surface area contributed by atoms with Gasteiger partial charge in [-0.1, -0.05) is 29.5 Å². The van der Waals surface area contributed by atoms with E-state index in [0.29, 0.717) is 34.3 Å². The van der Waals surface area contributed by atoms with Crippen LogP contribution in [-0.2, 0) is 0 Å². The molecule has 4 aromatic rings. The topological polar surface area (TPSA) is 70.7 Å². The van der Waals surface area contributed by atoms with Crippen LogP contribution in [-0.4, -0.2) is 62.2 Å². The zero-order valence-corrected chi connectivity index (χ0v) is 19.0. The molecule has 0 saturated carbocycles. The fourth-order valence-corrected chi connectivity index (χ4v) is 4.71. The normalized spacial score (nSPS) is 11.4. The highest BCUT2D eigenvalue weighted by atomic mass is 32.1. The standard InChI is InChI=1S/C23H26N4O3S/c1-26(2)12-7-13-27(22(28)16-14-24-17-9-6-5-8-15(16)17)23-25-20-18(29-3)10-11-19(30-4)21(20)31-23/h5-6,8-11,14,24H,7,12-13H2,1-4H3. The molecule has 1 N–H and O–H groups in total. The Morgan fingerprint density at radius 1 is 1.06 bits per heavy atom. The lowest BCUT2D eigenvalue weighted by Crippen LogP contribution is -2.33. The summed E-state index contributed by atoms with van der Waals surface area (Å²) in [5, 5.41) is 1.54. The summed E-state index contributed by atoms with van der Waals surface area (Å²) in [4.78, 5) is 25.6. The first-order valence-corrected chi connectivity index (χ1v) is 10.9. The third-order valence-electron chi connectivity index (χ3n) is 5.18. The van der Waals surface area contributed by atoms with E-state index in [1.54, 1.807) is 25.3 Å². The second-order valence-electron chi connectivity index (χ2n) is 7.51. The number of H-pyrrole nitrogens is 1. The molecule has 0 bridgehead atoms. The molecule has 4 rings (SSSR count). The predicted molar refractivity (Wildman–Crippen MR) is 126 cm³/mol. The van der Waals surface area contributed by atoms with Gasteiger partial charge in [0, 0.05) is 23.6 Å². The number of methoxy groups -OCH3 is 2. The molecule has 2 aromatic heterocycles. The van der Waals surface area contributed by atoms with Gasteiger partial charge in [-0.2, -0.15) is 0 Å². The van der Waals surface area contributed by atoms with E-state index < -0.39 is 0 Å². The quantitative estimate of drug-likeness (QED) is 0.442. The van der Waals surface area contributed by atoms with Crippen LogP contribution in [0.25, 0.3) is 21.1 Å². The second-order valence-corrected chi connectivity index (χ2v) is 8.48. The van der Waals surface area contributed by atoms with E-state index in [0.717, 1.165) is 28.6 Å². The highest BCUT2D eigenvalue weighted by Gasteiger charge is 2.25. The maximum atomic E-state index is 13.7. The van der Waals surface area contributed by atoms with Crippen molar-refractivity contribution in [3.63, 3.8) is 0 Å². The Morgan fingerprint density at radius 2 is 1.81 bits per heavy atom. The third-order valence-corrected chi connectivity index (χ3v) is 6.27. The van der Waals surface area contributed by atoms with E-state index in [1.807, 2.05) is 50.5 Å².